The van der Waals surface area contributed by atoms with Gasteiger partial charge in [-0.05, 0) is 26.8 Å². The Kier molecular flexibility index (Phi) is 5.09. The van der Waals surface area contributed by atoms with Crippen molar-refractivity contribution in [2.75, 3.05) is 6.54 Å². The number of aromatic nitrogens is 2. The van der Waals surface area contributed by atoms with E-state index in [-0.39, 0.29) is 6.42 Å². The number of carboxylic acids is 1. The topological polar surface area (TPSA) is 79.5 Å². The van der Waals surface area contributed by atoms with Gasteiger partial charge in [-0.25, -0.2) is 0 Å². The number of aliphatic carboxylic acids is 1. The molecule has 0 aromatic carbocycles. The molecule has 0 aliphatic heterocycles. The van der Waals surface area contributed by atoms with Crippen LogP contribution in [0.4, 0.5) is 0 Å². The highest BCUT2D eigenvalue weighted by Gasteiger charge is 2.14. The van der Waals surface area contributed by atoms with Crippen LogP contribution in [0.2, 0.25) is 0 Å². The van der Waals surface area contributed by atoms with Gasteiger partial charge in [-0.15, -0.1) is 10.2 Å². The van der Waals surface area contributed by atoms with E-state index in [2.05, 4.69) is 28.9 Å². The Morgan fingerprint density at radius 2 is 2.18 bits per heavy atom. The fraction of sp³-hybridized carbons (Fsp3) is 0.727. The summed E-state index contributed by atoms with van der Waals surface area (Å²) in [6, 6.07) is 0.316. The van der Waals surface area contributed by atoms with Crippen molar-refractivity contribution >= 4 is 5.97 Å². The molecule has 6 heteroatoms. The maximum absolute atomic E-state index is 10.5. The van der Waals surface area contributed by atoms with Gasteiger partial charge in [-0.2, -0.15) is 0 Å². The summed E-state index contributed by atoms with van der Waals surface area (Å²) in [5.74, 6) is 0.364. The van der Waals surface area contributed by atoms with E-state index < -0.39 is 5.97 Å². The van der Waals surface area contributed by atoms with Crippen LogP contribution >= 0.6 is 0 Å². The third kappa shape index (κ3) is 4.95. The lowest BCUT2D eigenvalue weighted by atomic mass is 10.2. The van der Waals surface area contributed by atoms with Gasteiger partial charge in [0, 0.05) is 19.4 Å². The first-order chi connectivity index (χ1) is 7.99. The molecule has 0 aliphatic carbocycles. The molecule has 1 aromatic heterocycles. The van der Waals surface area contributed by atoms with Crippen molar-refractivity contribution in [3.05, 3.63) is 11.8 Å². The maximum atomic E-state index is 10.5. The van der Waals surface area contributed by atoms with Crippen LogP contribution in [0.25, 0.3) is 0 Å². The van der Waals surface area contributed by atoms with Crippen LogP contribution in [-0.4, -0.2) is 38.8 Å². The van der Waals surface area contributed by atoms with E-state index in [0.717, 1.165) is 0 Å². The van der Waals surface area contributed by atoms with E-state index in [1.54, 1.807) is 6.92 Å². The summed E-state index contributed by atoms with van der Waals surface area (Å²) in [4.78, 5) is 12.6. The summed E-state index contributed by atoms with van der Waals surface area (Å²) < 4.78 is 5.31. The van der Waals surface area contributed by atoms with Crippen molar-refractivity contribution in [3.8, 4) is 0 Å². The average molecular weight is 241 g/mol. The highest BCUT2D eigenvalue weighted by Crippen LogP contribution is 2.08. The summed E-state index contributed by atoms with van der Waals surface area (Å²) in [5, 5.41) is 16.3. The van der Waals surface area contributed by atoms with E-state index in [1.807, 2.05) is 0 Å². The lowest BCUT2D eigenvalue weighted by molar-refractivity contribution is -0.137. The zero-order valence-electron chi connectivity index (χ0n) is 10.5. The van der Waals surface area contributed by atoms with Crippen molar-refractivity contribution < 1.29 is 14.3 Å². The lowest BCUT2D eigenvalue weighted by Gasteiger charge is -2.24. The zero-order chi connectivity index (χ0) is 12.8. The van der Waals surface area contributed by atoms with Crippen LogP contribution in [0.5, 0.6) is 0 Å². The molecular weight excluding hydrogens is 222 g/mol. The summed E-state index contributed by atoms with van der Waals surface area (Å²) in [6.45, 7) is 7.15. The van der Waals surface area contributed by atoms with Crippen LogP contribution in [0.15, 0.2) is 4.42 Å². The summed E-state index contributed by atoms with van der Waals surface area (Å²) in [5.41, 5.74) is 0. The molecule has 96 valence electrons. The molecule has 0 radical (unpaired) electrons. The first kappa shape index (κ1) is 13.6. The number of rotatable bonds is 7. The van der Waals surface area contributed by atoms with Gasteiger partial charge >= 0.3 is 5.97 Å². The average Bonchev–Trinajstić information content (AvgIpc) is 2.62. The highest BCUT2D eigenvalue weighted by molar-refractivity contribution is 5.66. The van der Waals surface area contributed by atoms with Crippen molar-refractivity contribution in [1.82, 2.24) is 15.1 Å². The van der Waals surface area contributed by atoms with Gasteiger partial charge in [0.05, 0.1) is 6.54 Å². The van der Waals surface area contributed by atoms with Crippen LogP contribution < -0.4 is 0 Å². The molecule has 0 atom stereocenters. The number of carboxylic acid groups (broad SMARTS) is 1. The molecule has 0 saturated carbocycles. The first-order valence-electron chi connectivity index (χ1n) is 5.74. The van der Waals surface area contributed by atoms with Crippen LogP contribution in [-0.2, 0) is 11.3 Å². The monoisotopic (exact) mass is 241 g/mol. The molecule has 1 N–H and O–H groups in total. The Hall–Kier alpha value is -1.43. The Balaban J connectivity index is 2.46. The first-order valence-corrected chi connectivity index (χ1v) is 5.74. The summed E-state index contributed by atoms with van der Waals surface area (Å²) in [7, 11) is 0. The van der Waals surface area contributed by atoms with Gasteiger partial charge < -0.3 is 9.52 Å². The lowest BCUT2D eigenvalue weighted by Crippen LogP contribution is -2.31. The quantitative estimate of drug-likeness (QED) is 0.778. The number of aryl methyl sites for hydroxylation is 1. The van der Waals surface area contributed by atoms with E-state index in [0.29, 0.717) is 37.3 Å². The highest BCUT2D eigenvalue weighted by atomic mass is 16.4. The Labute approximate surface area is 101 Å². The molecule has 17 heavy (non-hydrogen) atoms. The van der Waals surface area contributed by atoms with Crippen molar-refractivity contribution in [2.24, 2.45) is 0 Å². The molecule has 0 saturated heterocycles. The van der Waals surface area contributed by atoms with Crippen LogP contribution in [0.3, 0.4) is 0 Å². The maximum Gasteiger partial charge on any atom is 0.303 e. The minimum absolute atomic E-state index is 0.187. The van der Waals surface area contributed by atoms with Gasteiger partial charge in [-0.3, -0.25) is 9.69 Å². The molecule has 1 rings (SSSR count). The van der Waals surface area contributed by atoms with Gasteiger partial charge in [0.15, 0.2) is 0 Å². The normalized spacial score (nSPS) is 11.4. The van der Waals surface area contributed by atoms with Gasteiger partial charge in [0.25, 0.3) is 0 Å². The zero-order valence-corrected chi connectivity index (χ0v) is 10.5. The van der Waals surface area contributed by atoms with Crippen molar-refractivity contribution in [2.45, 2.75) is 46.2 Å². The minimum atomic E-state index is -0.762. The molecule has 0 fully saturated rings. The largest absolute Gasteiger partial charge is 0.481 e. The van der Waals surface area contributed by atoms with Crippen LogP contribution in [0, 0.1) is 6.92 Å². The predicted molar refractivity (Wildman–Crippen MR) is 61.5 cm³/mol. The molecule has 0 amide bonds. The van der Waals surface area contributed by atoms with Crippen molar-refractivity contribution in [3.63, 3.8) is 0 Å². The second kappa shape index (κ2) is 6.34. The molecule has 0 aliphatic rings. The fourth-order valence-electron chi connectivity index (χ4n) is 1.53. The second-order valence-corrected chi connectivity index (χ2v) is 4.28. The van der Waals surface area contributed by atoms with Gasteiger partial charge in [0.2, 0.25) is 11.8 Å². The SMILES string of the molecule is Cc1nnc(CN(CCCC(=O)O)C(C)C)o1. The standard InChI is InChI=1S/C11H19N3O3/c1-8(2)14(6-4-5-11(15)16)7-10-13-12-9(3)17-10/h8H,4-7H2,1-3H3,(H,15,16). The second-order valence-electron chi connectivity index (χ2n) is 4.28. The Morgan fingerprint density at radius 3 is 2.65 bits per heavy atom. The molecule has 0 bridgehead atoms. The van der Waals surface area contributed by atoms with Gasteiger partial charge in [0.1, 0.15) is 0 Å². The fourth-order valence-corrected chi connectivity index (χ4v) is 1.53. The third-order valence-electron chi connectivity index (χ3n) is 2.47. The van der Waals surface area contributed by atoms with E-state index in [4.69, 9.17) is 9.52 Å². The summed E-state index contributed by atoms with van der Waals surface area (Å²) in [6.07, 6.45) is 0.812. The molecule has 1 aromatic rings. The summed E-state index contributed by atoms with van der Waals surface area (Å²) >= 11 is 0. The van der Waals surface area contributed by atoms with E-state index in [9.17, 15) is 4.79 Å². The molecule has 1 heterocycles. The Bertz CT molecular complexity index is 363. The van der Waals surface area contributed by atoms with Gasteiger partial charge in [-0.1, -0.05) is 0 Å². The number of nitrogens with zero attached hydrogens (tertiary/aromatic N) is 3. The van der Waals surface area contributed by atoms with Crippen LogP contribution in [0.1, 0.15) is 38.5 Å². The molecular formula is C11H19N3O3. The molecule has 6 nitrogen and oxygen atoms in total. The van der Waals surface area contributed by atoms with Crippen molar-refractivity contribution in [1.29, 1.82) is 0 Å². The molecule has 0 unspecified atom stereocenters. The third-order valence-corrected chi connectivity index (χ3v) is 2.47. The number of carbonyl (C=O) groups is 1. The van der Waals surface area contributed by atoms with E-state index >= 15 is 0 Å². The number of hydrogen-bond donors (Lipinski definition) is 1. The minimum Gasteiger partial charge on any atom is -0.481 e. The predicted octanol–water partition coefficient (Wildman–Crippen LogP) is 1.45. The van der Waals surface area contributed by atoms with E-state index in [1.165, 1.54) is 0 Å². The number of hydrogen-bond acceptors (Lipinski definition) is 5. The smallest absolute Gasteiger partial charge is 0.303 e. The Morgan fingerprint density at radius 1 is 1.47 bits per heavy atom. The molecule has 0 spiro atoms.